The monoisotopic (exact) mass is 509 g/mol. The van der Waals surface area contributed by atoms with Crippen LogP contribution in [0.15, 0.2) is 59.4 Å². The number of nitrogens with zero attached hydrogens (tertiary/aromatic N) is 4. The summed E-state index contributed by atoms with van der Waals surface area (Å²) in [5.74, 6) is 0.995. The van der Waals surface area contributed by atoms with Crippen LogP contribution in [0.25, 0.3) is 32.9 Å². The van der Waals surface area contributed by atoms with Gasteiger partial charge in [-0.05, 0) is 49.9 Å². The third-order valence-electron chi connectivity index (χ3n) is 7.48. The summed E-state index contributed by atoms with van der Waals surface area (Å²) >= 11 is 0. The number of hydrogen-bond donors (Lipinski definition) is 1. The van der Waals surface area contributed by atoms with E-state index in [1.54, 1.807) is 16.5 Å². The first-order valence-electron chi connectivity index (χ1n) is 13.3. The van der Waals surface area contributed by atoms with Crippen molar-refractivity contribution < 1.29 is 9.47 Å². The second kappa shape index (κ2) is 10.4. The molecule has 0 radical (unpaired) electrons. The maximum Gasteiger partial charge on any atom is 0.351 e. The molecule has 2 aliphatic rings. The Hall–Kier alpha value is -3.93. The van der Waals surface area contributed by atoms with E-state index >= 15 is 0 Å². The maximum absolute atomic E-state index is 14.0. The van der Waals surface area contributed by atoms with Gasteiger partial charge in [-0.15, -0.1) is 5.10 Å². The summed E-state index contributed by atoms with van der Waals surface area (Å²) in [4.78, 5) is 17.5. The van der Waals surface area contributed by atoms with Crippen molar-refractivity contribution in [3.05, 3.63) is 82.1 Å². The zero-order chi connectivity index (χ0) is 26.1. The van der Waals surface area contributed by atoms with E-state index in [1.165, 1.54) is 4.68 Å². The fraction of sp³-hybridized carbons (Fsp3) is 0.367. The number of rotatable bonds is 7. The summed E-state index contributed by atoms with van der Waals surface area (Å²) in [5.41, 5.74) is 5.44. The van der Waals surface area contributed by atoms with Gasteiger partial charge in [0.05, 0.1) is 31.5 Å². The number of hydrogen-bond acceptors (Lipinski definition) is 5. The molecule has 2 aromatic heterocycles. The Morgan fingerprint density at radius 1 is 1.13 bits per heavy atom. The normalized spacial score (nSPS) is 19.2. The minimum absolute atomic E-state index is 0.0185. The van der Waals surface area contributed by atoms with Crippen molar-refractivity contribution in [3.63, 3.8) is 0 Å². The van der Waals surface area contributed by atoms with Crippen LogP contribution in [0.5, 0.6) is 5.75 Å². The summed E-state index contributed by atoms with van der Waals surface area (Å²) < 4.78 is 15.4. The van der Waals surface area contributed by atoms with E-state index in [0.717, 1.165) is 66.9 Å². The lowest BCUT2D eigenvalue weighted by molar-refractivity contribution is 0.0931. The highest BCUT2D eigenvalue weighted by Gasteiger charge is 2.25. The van der Waals surface area contributed by atoms with Gasteiger partial charge in [0.25, 0.3) is 0 Å². The summed E-state index contributed by atoms with van der Waals surface area (Å²) in [6.07, 6.45) is 2.95. The second-order valence-corrected chi connectivity index (χ2v) is 10.2. The third-order valence-corrected chi connectivity index (χ3v) is 7.48. The van der Waals surface area contributed by atoms with E-state index in [1.807, 2.05) is 49.4 Å². The number of aromatic nitrogens is 3. The fourth-order valence-electron chi connectivity index (χ4n) is 5.36. The van der Waals surface area contributed by atoms with Gasteiger partial charge in [0.2, 0.25) is 5.65 Å². The molecule has 1 N–H and O–H groups in total. The smallest absolute Gasteiger partial charge is 0.351 e. The Bertz CT molecular complexity index is 1530. The second-order valence-electron chi connectivity index (χ2n) is 10.2. The van der Waals surface area contributed by atoms with Gasteiger partial charge in [-0.1, -0.05) is 54.1 Å². The van der Waals surface area contributed by atoms with Crippen molar-refractivity contribution in [1.29, 1.82) is 0 Å². The molecular weight excluding hydrogens is 478 g/mol. The van der Waals surface area contributed by atoms with Crippen LogP contribution in [0, 0.1) is 19.4 Å². The first kappa shape index (κ1) is 24.4. The van der Waals surface area contributed by atoms with E-state index in [0.29, 0.717) is 36.2 Å². The Kier molecular flexibility index (Phi) is 6.71. The molecule has 0 bridgehead atoms. The lowest BCUT2D eigenvalue weighted by Crippen LogP contribution is -2.27. The first-order valence-corrected chi connectivity index (χ1v) is 13.3. The molecule has 2 atom stereocenters. The number of pyridine rings is 1. The SMILES string of the molecule is [C-]#[N+]c1ccc(-c2cc(OC[C@@H]3CCNC3)c3nn(CC4CCCO4)c(=O)n3c2-c2ccc(C)cc2)cc1. The topological polar surface area (TPSA) is 74.2 Å². The first-order chi connectivity index (χ1) is 18.6. The molecule has 0 spiro atoms. The number of ether oxygens (including phenoxy) is 2. The van der Waals surface area contributed by atoms with Crippen molar-refractivity contribution >= 4 is 11.3 Å². The van der Waals surface area contributed by atoms with Crippen LogP contribution in [-0.4, -0.2) is 46.6 Å². The largest absolute Gasteiger partial charge is 0.489 e. The maximum atomic E-state index is 14.0. The van der Waals surface area contributed by atoms with Gasteiger partial charge >= 0.3 is 5.69 Å². The van der Waals surface area contributed by atoms with Crippen molar-refractivity contribution in [3.8, 4) is 28.1 Å². The summed E-state index contributed by atoms with van der Waals surface area (Å²) in [7, 11) is 0. The fourth-order valence-corrected chi connectivity index (χ4v) is 5.36. The third kappa shape index (κ3) is 4.71. The highest BCUT2D eigenvalue weighted by molar-refractivity contribution is 5.85. The number of aryl methyl sites for hydroxylation is 1. The zero-order valence-corrected chi connectivity index (χ0v) is 21.5. The Morgan fingerprint density at radius 3 is 2.61 bits per heavy atom. The molecule has 6 rings (SSSR count). The van der Waals surface area contributed by atoms with Crippen LogP contribution >= 0.6 is 0 Å². The Balaban J connectivity index is 1.57. The van der Waals surface area contributed by atoms with Gasteiger partial charge in [-0.3, -0.25) is 0 Å². The van der Waals surface area contributed by atoms with Gasteiger partial charge < -0.3 is 14.8 Å². The van der Waals surface area contributed by atoms with Crippen LogP contribution in [0.3, 0.4) is 0 Å². The molecule has 2 fully saturated rings. The van der Waals surface area contributed by atoms with E-state index in [-0.39, 0.29) is 11.8 Å². The highest BCUT2D eigenvalue weighted by atomic mass is 16.5. The lowest BCUT2D eigenvalue weighted by atomic mass is 9.98. The van der Waals surface area contributed by atoms with E-state index < -0.39 is 0 Å². The lowest BCUT2D eigenvalue weighted by Gasteiger charge is -2.17. The minimum atomic E-state index is -0.210. The standard InChI is InChI=1S/C30H31N5O3/c1-20-5-7-23(8-6-20)28-26(22-9-11-24(31-2)12-10-22)16-27(38-19-21-13-14-32-17-21)29-33-34(30(36)35(28)29)18-25-4-3-15-37-25/h5-12,16,21,25,32H,3-4,13-15,17-19H2,1H3/t21-,25?/m1/s1. The summed E-state index contributed by atoms with van der Waals surface area (Å²) in [6, 6.07) is 17.6. The molecular formula is C30H31N5O3. The molecule has 8 heteroatoms. The molecule has 0 saturated carbocycles. The molecule has 1 unspecified atom stereocenters. The van der Waals surface area contributed by atoms with Crippen LogP contribution in [0.1, 0.15) is 24.8 Å². The molecule has 0 aliphatic carbocycles. The average molecular weight is 510 g/mol. The van der Waals surface area contributed by atoms with Crippen LogP contribution in [0.2, 0.25) is 0 Å². The zero-order valence-electron chi connectivity index (χ0n) is 21.5. The summed E-state index contributed by atoms with van der Waals surface area (Å²) in [5, 5.41) is 8.18. The van der Waals surface area contributed by atoms with E-state index in [2.05, 4.69) is 10.2 Å². The molecule has 0 amide bonds. The van der Waals surface area contributed by atoms with Gasteiger partial charge in [0.15, 0.2) is 11.4 Å². The molecule has 2 aliphatic heterocycles. The van der Waals surface area contributed by atoms with E-state index in [4.69, 9.17) is 21.1 Å². The van der Waals surface area contributed by atoms with Crippen LogP contribution in [0.4, 0.5) is 5.69 Å². The molecule has 8 nitrogen and oxygen atoms in total. The van der Waals surface area contributed by atoms with Gasteiger partial charge in [0.1, 0.15) is 0 Å². The van der Waals surface area contributed by atoms with Crippen molar-refractivity contribution in [2.45, 2.75) is 38.8 Å². The average Bonchev–Trinajstić information content (AvgIpc) is 3.71. The molecule has 38 heavy (non-hydrogen) atoms. The molecule has 194 valence electrons. The predicted octanol–water partition coefficient (Wildman–Crippen LogP) is 4.86. The Morgan fingerprint density at radius 2 is 1.92 bits per heavy atom. The number of fused-ring (bicyclic) bond motifs is 1. The molecule has 2 aromatic carbocycles. The summed E-state index contributed by atoms with van der Waals surface area (Å²) in [6.45, 7) is 13.0. The highest BCUT2D eigenvalue weighted by Crippen LogP contribution is 2.37. The van der Waals surface area contributed by atoms with Crippen molar-refractivity contribution in [2.75, 3.05) is 26.3 Å². The van der Waals surface area contributed by atoms with Gasteiger partial charge in [-0.2, -0.15) is 0 Å². The molecule has 4 heterocycles. The van der Waals surface area contributed by atoms with E-state index in [9.17, 15) is 4.79 Å². The quantitative estimate of drug-likeness (QED) is 0.360. The van der Waals surface area contributed by atoms with Crippen molar-refractivity contribution in [1.82, 2.24) is 19.5 Å². The van der Waals surface area contributed by atoms with Gasteiger partial charge in [-0.25, -0.2) is 18.7 Å². The van der Waals surface area contributed by atoms with Crippen molar-refractivity contribution in [2.24, 2.45) is 5.92 Å². The van der Waals surface area contributed by atoms with Crippen LogP contribution in [-0.2, 0) is 11.3 Å². The predicted molar refractivity (Wildman–Crippen MR) is 147 cm³/mol. The number of benzene rings is 2. The number of nitrogens with one attached hydrogen (secondary N) is 1. The van der Waals surface area contributed by atoms with Crippen LogP contribution < -0.4 is 15.7 Å². The molecule has 2 saturated heterocycles. The minimum Gasteiger partial charge on any atom is -0.489 e. The van der Waals surface area contributed by atoms with Gasteiger partial charge in [0, 0.05) is 24.6 Å². The molecule has 4 aromatic rings. The Labute approximate surface area is 221 Å².